The molecule has 0 aromatic heterocycles. The molecule has 1 aliphatic heterocycles. The number of allylic oxidation sites excluding steroid dienone is 3. The molecule has 0 amide bonds. The summed E-state index contributed by atoms with van der Waals surface area (Å²) in [5.41, 5.74) is 0.889. The van der Waals surface area contributed by atoms with Crippen LogP contribution in [-0.4, -0.2) is 11.9 Å². The van der Waals surface area contributed by atoms with Crippen molar-refractivity contribution in [3.05, 3.63) is 35.2 Å². The summed E-state index contributed by atoms with van der Waals surface area (Å²) in [6, 6.07) is 0. The summed E-state index contributed by atoms with van der Waals surface area (Å²) < 4.78 is 0. The molecule has 1 nitrogen and oxygen atoms in total. The third-order valence-corrected chi connectivity index (χ3v) is 7.35. The molecular formula is C7H7Cl4NP2. The van der Waals surface area contributed by atoms with Crippen LogP contribution >= 0.6 is 58.2 Å². The Morgan fingerprint density at radius 1 is 1.14 bits per heavy atom. The molecule has 0 saturated carbocycles. The minimum atomic E-state index is -1.29. The smallest absolute Gasteiger partial charge is 0.121 e. The van der Waals surface area contributed by atoms with Gasteiger partial charge in [0.2, 0.25) is 0 Å². The maximum absolute atomic E-state index is 5.87. The SMILES string of the molecule is CN1C=CC=CC1=C(P(Cl)Cl)P(Cl)Cl. The molecule has 1 rings (SSSR count). The second kappa shape index (κ2) is 5.94. The van der Waals surface area contributed by atoms with Gasteiger partial charge in [0.1, 0.15) is 13.3 Å². The summed E-state index contributed by atoms with van der Waals surface area (Å²) in [6.45, 7) is -2.58. The lowest BCUT2D eigenvalue weighted by Crippen LogP contribution is -2.11. The predicted octanol–water partition coefficient (Wildman–Crippen LogP) is 5.75. The van der Waals surface area contributed by atoms with Crippen LogP contribution in [-0.2, 0) is 0 Å². The largest absolute Gasteiger partial charge is 0.350 e. The van der Waals surface area contributed by atoms with E-state index in [0.717, 1.165) is 10.8 Å². The molecule has 0 aromatic rings. The van der Waals surface area contributed by atoms with Gasteiger partial charge in [-0.2, -0.15) is 0 Å². The Morgan fingerprint density at radius 3 is 2.14 bits per heavy atom. The molecule has 0 fully saturated rings. The molecule has 0 unspecified atom stereocenters. The molecule has 7 heteroatoms. The summed E-state index contributed by atoms with van der Waals surface area (Å²) in [4.78, 5) is 1.90. The van der Waals surface area contributed by atoms with Crippen molar-refractivity contribution in [3.63, 3.8) is 0 Å². The van der Waals surface area contributed by atoms with Gasteiger partial charge in [-0.15, -0.1) is 0 Å². The van der Waals surface area contributed by atoms with E-state index >= 15 is 0 Å². The van der Waals surface area contributed by atoms with E-state index in [1.165, 1.54) is 0 Å². The maximum atomic E-state index is 5.87. The monoisotopic (exact) mass is 307 g/mol. The van der Waals surface area contributed by atoms with Gasteiger partial charge in [0.25, 0.3) is 0 Å². The molecule has 0 aliphatic carbocycles. The zero-order valence-electron chi connectivity index (χ0n) is 7.16. The highest BCUT2D eigenvalue weighted by atomic mass is 35.9. The van der Waals surface area contributed by atoms with E-state index < -0.39 is 13.3 Å². The first-order valence-electron chi connectivity index (χ1n) is 3.59. The number of halogens is 4. The molecule has 0 bridgehead atoms. The van der Waals surface area contributed by atoms with Crippen molar-refractivity contribution in [1.29, 1.82) is 0 Å². The lowest BCUT2D eigenvalue weighted by Gasteiger charge is -2.22. The first-order chi connectivity index (χ1) is 6.54. The highest BCUT2D eigenvalue weighted by Crippen LogP contribution is 2.73. The summed E-state index contributed by atoms with van der Waals surface area (Å²) in [7, 11) is 1.90. The molecule has 1 heterocycles. The maximum Gasteiger partial charge on any atom is 0.121 e. The van der Waals surface area contributed by atoms with E-state index in [-0.39, 0.29) is 0 Å². The summed E-state index contributed by atoms with van der Waals surface area (Å²) >= 11 is 23.5. The van der Waals surface area contributed by atoms with Crippen LogP contribution in [0, 0.1) is 0 Å². The Labute approximate surface area is 105 Å². The first kappa shape index (κ1) is 13.1. The van der Waals surface area contributed by atoms with E-state index in [9.17, 15) is 0 Å². The zero-order chi connectivity index (χ0) is 10.7. The van der Waals surface area contributed by atoms with Crippen LogP contribution in [0.3, 0.4) is 0 Å². The average Bonchev–Trinajstić information content (AvgIpc) is 2.07. The van der Waals surface area contributed by atoms with Gasteiger partial charge in [0.05, 0.1) is 10.8 Å². The van der Waals surface area contributed by atoms with Gasteiger partial charge in [-0.1, -0.05) is 51.0 Å². The Bertz CT molecular complexity index is 288. The molecule has 0 N–H and O–H groups in total. The normalized spacial score (nSPS) is 15.9. The van der Waals surface area contributed by atoms with Gasteiger partial charge in [0.15, 0.2) is 0 Å². The molecule has 1 aliphatic rings. The van der Waals surface area contributed by atoms with E-state index in [0.29, 0.717) is 0 Å². The van der Waals surface area contributed by atoms with E-state index in [4.69, 9.17) is 45.0 Å². The molecule has 78 valence electrons. The van der Waals surface area contributed by atoms with Crippen LogP contribution in [0.15, 0.2) is 35.2 Å². The van der Waals surface area contributed by atoms with E-state index in [1.54, 1.807) is 0 Å². The van der Waals surface area contributed by atoms with Crippen molar-refractivity contribution >= 4 is 58.2 Å². The van der Waals surface area contributed by atoms with Crippen molar-refractivity contribution in [3.8, 4) is 0 Å². The molecule has 0 aromatic carbocycles. The third kappa shape index (κ3) is 3.27. The van der Waals surface area contributed by atoms with Crippen LogP contribution < -0.4 is 0 Å². The van der Waals surface area contributed by atoms with Crippen molar-refractivity contribution in [2.75, 3.05) is 7.05 Å². The van der Waals surface area contributed by atoms with Gasteiger partial charge in [-0.25, -0.2) is 0 Å². The van der Waals surface area contributed by atoms with Crippen molar-refractivity contribution in [2.45, 2.75) is 0 Å². The Kier molecular flexibility index (Phi) is 5.57. The highest BCUT2D eigenvalue weighted by Gasteiger charge is 2.22. The van der Waals surface area contributed by atoms with Crippen LogP contribution in [0.1, 0.15) is 0 Å². The number of nitrogens with zero attached hydrogens (tertiary/aromatic N) is 1. The molecule has 0 saturated heterocycles. The fraction of sp³-hybridized carbons (Fsp3) is 0.143. The summed E-state index contributed by atoms with van der Waals surface area (Å²) in [5, 5.41) is 0.727. The summed E-state index contributed by atoms with van der Waals surface area (Å²) in [6.07, 6.45) is 7.61. The summed E-state index contributed by atoms with van der Waals surface area (Å²) in [5.74, 6) is 0. The number of rotatable bonds is 2. The van der Waals surface area contributed by atoms with E-state index in [2.05, 4.69) is 0 Å². The zero-order valence-corrected chi connectivity index (χ0v) is 12.0. The van der Waals surface area contributed by atoms with Gasteiger partial charge in [-0.3, -0.25) is 0 Å². The number of likely N-dealkylation sites (N-methyl/N-ethyl adjacent to an activating group) is 1. The van der Waals surface area contributed by atoms with Crippen molar-refractivity contribution < 1.29 is 0 Å². The topological polar surface area (TPSA) is 3.24 Å². The van der Waals surface area contributed by atoms with Crippen LogP contribution in [0.2, 0.25) is 0 Å². The molecular weight excluding hydrogens is 302 g/mol. The number of hydrogen-bond donors (Lipinski definition) is 0. The Balaban J connectivity index is 3.09. The fourth-order valence-corrected chi connectivity index (χ4v) is 7.41. The molecule has 0 radical (unpaired) electrons. The van der Waals surface area contributed by atoms with Crippen molar-refractivity contribution in [2.24, 2.45) is 0 Å². The van der Waals surface area contributed by atoms with Gasteiger partial charge in [0, 0.05) is 13.2 Å². The molecule has 0 atom stereocenters. The second-order valence-electron chi connectivity index (χ2n) is 2.49. The Hall–Kier alpha value is 1.04. The van der Waals surface area contributed by atoms with E-state index in [1.807, 2.05) is 36.4 Å². The minimum absolute atomic E-state index is 0.727. The minimum Gasteiger partial charge on any atom is -0.350 e. The Morgan fingerprint density at radius 2 is 1.71 bits per heavy atom. The first-order valence-corrected chi connectivity index (χ1v) is 9.89. The molecule has 0 spiro atoms. The van der Waals surface area contributed by atoms with Crippen molar-refractivity contribution in [1.82, 2.24) is 4.90 Å². The van der Waals surface area contributed by atoms with Gasteiger partial charge >= 0.3 is 0 Å². The average molecular weight is 309 g/mol. The third-order valence-electron chi connectivity index (χ3n) is 1.60. The quantitative estimate of drug-likeness (QED) is 0.587. The predicted molar refractivity (Wildman–Crippen MR) is 70.3 cm³/mol. The number of hydrogen-bond acceptors (Lipinski definition) is 1. The van der Waals surface area contributed by atoms with Crippen LogP contribution in [0.4, 0.5) is 0 Å². The standard InChI is InChI=1S/C7H7Cl4NP2/c1-12-5-3-2-4-6(12)7(13(8)9)14(10)11/h2-5H,1H3. The lowest BCUT2D eigenvalue weighted by molar-refractivity contribution is 0.584. The van der Waals surface area contributed by atoms with Gasteiger partial charge in [-0.05, 0) is 12.2 Å². The molecule has 14 heavy (non-hydrogen) atoms. The second-order valence-corrected chi connectivity index (χ2v) is 9.76. The van der Waals surface area contributed by atoms with Crippen LogP contribution in [0.25, 0.3) is 0 Å². The van der Waals surface area contributed by atoms with Crippen LogP contribution in [0.5, 0.6) is 0 Å². The van der Waals surface area contributed by atoms with Gasteiger partial charge < -0.3 is 4.90 Å². The fourth-order valence-electron chi connectivity index (χ4n) is 0.986. The lowest BCUT2D eigenvalue weighted by atomic mass is 10.3. The highest BCUT2D eigenvalue weighted by molar-refractivity contribution is 8.21.